The van der Waals surface area contributed by atoms with Crippen molar-refractivity contribution in [3.8, 4) is 0 Å². The Labute approximate surface area is 127 Å². The number of nitrogens with zero attached hydrogens (tertiary/aromatic N) is 1. The molecule has 5 nitrogen and oxygen atoms in total. The summed E-state index contributed by atoms with van der Waals surface area (Å²) < 4.78 is 0. The van der Waals surface area contributed by atoms with Crippen molar-refractivity contribution in [2.24, 2.45) is 23.3 Å². The molecule has 1 aliphatic carbocycles. The average Bonchev–Trinajstić information content (AvgIpc) is 2.46. The zero-order valence-corrected chi connectivity index (χ0v) is 12.9. The van der Waals surface area contributed by atoms with Crippen LogP contribution in [-0.4, -0.2) is 35.8 Å². The van der Waals surface area contributed by atoms with Crippen LogP contribution in [0.15, 0.2) is 0 Å². The van der Waals surface area contributed by atoms with Crippen LogP contribution in [0.25, 0.3) is 0 Å². The maximum absolute atomic E-state index is 12.2. The van der Waals surface area contributed by atoms with Crippen LogP contribution in [0.5, 0.6) is 0 Å². The van der Waals surface area contributed by atoms with Crippen molar-refractivity contribution >= 4 is 11.8 Å². The first-order valence-electron chi connectivity index (χ1n) is 8.36. The molecule has 1 saturated heterocycles. The SMILES string of the molecule is NC(=O)CC1CCN(C(=O)CCC2CCC(N)CC2)CC1. The third-order valence-electron chi connectivity index (χ3n) is 5.11. The molecule has 5 heteroatoms. The summed E-state index contributed by atoms with van der Waals surface area (Å²) in [6, 6.07) is 0.376. The fraction of sp³-hybridized carbons (Fsp3) is 0.875. The summed E-state index contributed by atoms with van der Waals surface area (Å²) in [7, 11) is 0. The zero-order valence-electron chi connectivity index (χ0n) is 12.9. The van der Waals surface area contributed by atoms with Gasteiger partial charge < -0.3 is 16.4 Å². The van der Waals surface area contributed by atoms with Crippen molar-refractivity contribution in [2.45, 2.75) is 63.8 Å². The van der Waals surface area contributed by atoms with Crippen molar-refractivity contribution in [2.75, 3.05) is 13.1 Å². The normalized spacial score (nSPS) is 27.6. The van der Waals surface area contributed by atoms with Crippen molar-refractivity contribution in [3.05, 3.63) is 0 Å². The molecule has 0 bridgehead atoms. The van der Waals surface area contributed by atoms with Crippen LogP contribution in [-0.2, 0) is 9.59 Å². The zero-order chi connectivity index (χ0) is 15.2. The van der Waals surface area contributed by atoms with Gasteiger partial charge in [0.25, 0.3) is 0 Å². The lowest BCUT2D eigenvalue weighted by Gasteiger charge is -2.32. The lowest BCUT2D eigenvalue weighted by Crippen LogP contribution is -2.39. The van der Waals surface area contributed by atoms with Crippen molar-refractivity contribution < 1.29 is 9.59 Å². The molecule has 2 fully saturated rings. The Balaban J connectivity index is 1.64. The lowest BCUT2D eigenvalue weighted by molar-refractivity contribution is -0.133. The summed E-state index contributed by atoms with van der Waals surface area (Å²) in [4.78, 5) is 25.1. The fourth-order valence-corrected chi connectivity index (χ4v) is 3.63. The molecule has 2 rings (SSSR count). The molecule has 4 N–H and O–H groups in total. The van der Waals surface area contributed by atoms with Crippen LogP contribution >= 0.6 is 0 Å². The summed E-state index contributed by atoms with van der Waals surface area (Å²) in [6.07, 6.45) is 8.52. The van der Waals surface area contributed by atoms with Crippen LogP contribution in [0, 0.1) is 11.8 Å². The van der Waals surface area contributed by atoms with E-state index in [0.29, 0.717) is 30.7 Å². The molecule has 0 radical (unpaired) electrons. The summed E-state index contributed by atoms with van der Waals surface area (Å²) in [6.45, 7) is 1.57. The minimum Gasteiger partial charge on any atom is -0.370 e. The molecular formula is C16H29N3O2. The topological polar surface area (TPSA) is 89.4 Å². The van der Waals surface area contributed by atoms with Crippen LogP contribution in [0.3, 0.4) is 0 Å². The van der Waals surface area contributed by atoms with Gasteiger partial charge in [-0.25, -0.2) is 0 Å². The minimum atomic E-state index is -0.227. The van der Waals surface area contributed by atoms with Crippen molar-refractivity contribution in [3.63, 3.8) is 0 Å². The van der Waals surface area contributed by atoms with Gasteiger partial charge in [0.05, 0.1) is 0 Å². The highest BCUT2D eigenvalue weighted by Crippen LogP contribution is 2.28. The predicted octanol–water partition coefficient (Wildman–Crippen LogP) is 1.40. The van der Waals surface area contributed by atoms with E-state index in [1.165, 1.54) is 12.8 Å². The first kappa shape index (κ1) is 16.3. The van der Waals surface area contributed by atoms with Gasteiger partial charge in [-0.1, -0.05) is 0 Å². The third-order valence-corrected chi connectivity index (χ3v) is 5.11. The van der Waals surface area contributed by atoms with E-state index in [2.05, 4.69) is 0 Å². The monoisotopic (exact) mass is 295 g/mol. The summed E-state index contributed by atoms with van der Waals surface area (Å²) >= 11 is 0. The van der Waals surface area contributed by atoms with E-state index in [4.69, 9.17) is 11.5 Å². The highest BCUT2D eigenvalue weighted by molar-refractivity contribution is 5.76. The number of hydrogen-bond donors (Lipinski definition) is 2. The number of nitrogens with two attached hydrogens (primary N) is 2. The van der Waals surface area contributed by atoms with Gasteiger partial charge in [-0.05, 0) is 56.8 Å². The van der Waals surface area contributed by atoms with Crippen LogP contribution < -0.4 is 11.5 Å². The predicted molar refractivity (Wildman–Crippen MR) is 82.3 cm³/mol. The van der Waals surface area contributed by atoms with E-state index in [-0.39, 0.29) is 11.8 Å². The van der Waals surface area contributed by atoms with E-state index in [9.17, 15) is 9.59 Å². The molecule has 2 aliphatic rings. The van der Waals surface area contributed by atoms with Gasteiger partial charge in [0.1, 0.15) is 0 Å². The number of amides is 2. The summed E-state index contributed by atoms with van der Waals surface area (Å²) in [5.41, 5.74) is 11.1. The van der Waals surface area contributed by atoms with Crippen molar-refractivity contribution in [1.29, 1.82) is 0 Å². The highest BCUT2D eigenvalue weighted by atomic mass is 16.2. The number of piperidine rings is 1. The van der Waals surface area contributed by atoms with Crippen LogP contribution in [0.1, 0.15) is 57.8 Å². The van der Waals surface area contributed by atoms with Crippen molar-refractivity contribution in [1.82, 2.24) is 4.90 Å². The van der Waals surface area contributed by atoms with Gasteiger partial charge in [-0.3, -0.25) is 9.59 Å². The van der Waals surface area contributed by atoms with Gasteiger partial charge in [-0.2, -0.15) is 0 Å². The first-order valence-corrected chi connectivity index (χ1v) is 8.36. The molecule has 1 saturated carbocycles. The molecule has 0 aromatic carbocycles. The first-order chi connectivity index (χ1) is 10.0. The van der Waals surface area contributed by atoms with Gasteiger partial charge in [0.15, 0.2) is 0 Å². The fourth-order valence-electron chi connectivity index (χ4n) is 3.63. The number of likely N-dealkylation sites (tertiary alicyclic amines) is 1. The standard InChI is InChI=1S/C16H29N3O2/c17-14-4-1-12(2-5-14)3-6-16(21)19-9-7-13(8-10-19)11-15(18)20/h12-14H,1-11,17H2,(H2,18,20). The Kier molecular flexibility index (Phi) is 6.03. The van der Waals surface area contributed by atoms with E-state index in [0.717, 1.165) is 45.2 Å². The molecule has 0 spiro atoms. The Hall–Kier alpha value is -1.10. The lowest BCUT2D eigenvalue weighted by atomic mass is 9.83. The molecular weight excluding hydrogens is 266 g/mol. The molecule has 1 heterocycles. The minimum absolute atomic E-state index is 0.227. The Morgan fingerprint density at radius 1 is 0.952 bits per heavy atom. The molecule has 0 aromatic heterocycles. The number of hydrogen-bond acceptors (Lipinski definition) is 3. The van der Waals surface area contributed by atoms with Crippen LogP contribution in [0.2, 0.25) is 0 Å². The highest BCUT2D eigenvalue weighted by Gasteiger charge is 2.25. The van der Waals surface area contributed by atoms with E-state index < -0.39 is 0 Å². The van der Waals surface area contributed by atoms with Gasteiger partial charge >= 0.3 is 0 Å². The van der Waals surface area contributed by atoms with E-state index in [1.54, 1.807) is 0 Å². The molecule has 2 amide bonds. The maximum atomic E-state index is 12.2. The molecule has 0 unspecified atom stereocenters. The Morgan fingerprint density at radius 3 is 2.14 bits per heavy atom. The number of carbonyl (C=O) groups excluding carboxylic acids is 2. The quantitative estimate of drug-likeness (QED) is 0.803. The third kappa shape index (κ3) is 5.30. The van der Waals surface area contributed by atoms with E-state index in [1.807, 2.05) is 4.90 Å². The second kappa shape index (κ2) is 7.78. The molecule has 120 valence electrons. The smallest absolute Gasteiger partial charge is 0.222 e. The second-order valence-corrected chi connectivity index (χ2v) is 6.81. The largest absolute Gasteiger partial charge is 0.370 e. The molecule has 0 atom stereocenters. The Morgan fingerprint density at radius 2 is 1.57 bits per heavy atom. The summed E-state index contributed by atoms with van der Waals surface area (Å²) in [5, 5.41) is 0. The number of rotatable bonds is 5. The maximum Gasteiger partial charge on any atom is 0.222 e. The van der Waals surface area contributed by atoms with E-state index >= 15 is 0 Å². The van der Waals surface area contributed by atoms with Gasteiger partial charge in [0, 0.05) is 32.0 Å². The number of carbonyl (C=O) groups is 2. The molecule has 0 aromatic rings. The summed E-state index contributed by atoms with van der Waals surface area (Å²) in [5.74, 6) is 1.10. The molecule has 1 aliphatic heterocycles. The average molecular weight is 295 g/mol. The number of primary amides is 1. The van der Waals surface area contributed by atoms with Gasteiger partial charge in [0.2, 0.25) is 11.8 Å². The Bertz CT molecular complexity index is 357. The van der Waals surface area contributed by atoms with Gasteiger partial charge in [-0.15, -0.1) is 0 Å². The van der Waals surface area contributed by atoms with Crippen LogP contribution in [0.4, 0.5) is 0 Å². The second-order valence-electron chi connectivity index (χ2n) is 6.81. The molecule has 21 heavy (non-hydrogen) atoms.